The number of hydrazone groups is 1. The van der Waals surface area contributed by atoms with E-state index < -0.39 is 19.7 Å². The van der Waals surface area contributed by atoms with Crippen molar-refractivity contribution in [3.63, 3.8) is 0 Å². The fourth-order valence-electron chi connectivity index (χ4n) is 3.31. The molecule has 0 saturated carbocycles. The number of nitrogens with one attached hydrogen (secondary N) is 1. The number of halogens is 1. The van der Waals surface area contributed by atoms with E-state index in [2.05, 4.69) is 24.4 Å². The predicted molar refractivity (Wildman–Crippen MR) is 139 cm³/mol. The summed E-state index contributed by atoms with van der Waals surface area (Å²) in [7, 11) is -1.90. The van der Waals surface area contributed by atoms with Crippen LogP contribution in [0.5, 0.6) is 11.5 Å². The lowest BCUT2D eigenvalue weighted by atomic mass is 10.0. The molecular formula is C25H34ClN2O6P. The van der Waals surface area contributed by atoms with Gasteiger partial charge in [-0.15, -0.1) is 0 Å². The van der Waals surface area contributed by atoms with Gasteiger partial charge in [-0.25, -0.2) is 5.43 Å². The van der Waals surface area contributed by atoms with Crippen molar-refractivity contribution in [3.8, 4) is 11.5 Å². The Kier molecular flexibility index (Phi) is 11.2. The van der Waals surface area contributed by atoms with Crippen molar-refractivity contribution in [2.45, 2.75) is 47.1 Å². The molecule has 0 bridgehead atoms. The molecule has 8 nitrogen and oxygen atoms in total. The molecule has 0 aliphatic rings. The van der Waals surface area contributed by atoms with E-state index in [0.29, 0.717) is 10.8 Å². The topological polar surface area (TPSA) is 95.5 Å². The smallest absolute Gasteiger partial charge is 0.340 e. The van der Waals surface area contributed by atoms with Crippen LogP contribution in [0.1, 0.15) is 55.9 Å². The van der Waals surface area contributed by atoms with Crippen LogP contribution in [0.15, 0.2) is 35.4 Å². The van der Waals surface area contributed by atoms with Gasteiger partial charge in [-0.2, -0.15) is 5.10 Å². The maximum Gasteiger partial charge on any atom is 0.340 e. The number of hydrogen-bond donors (Lipinski definition) is 1. The van der Waals surface area contributed by atoms with Crippen molar-refractivity contribution < 1.29 is 27.9 Å². The van der Waals surface area contributed by atoms with Crippen LogP contribution in [0, 0.1) is 6.92 Å². The summed E-state index contributed by atoms with van der Waals surface area (Å²) < 4.78 is 34.4. The summed E-state index contributed by atoms with van der Waals surface area (Å²) in [6, 6.07) is 9.34. The maximum atomic E-state index is 12.5. The average Bonchev–Trinajstić information content (AvgIpc) is 2.79. The molecule has 192 valence electrons. The third kappa shape index (κ3) is 8.65. The fraction of sp³-hybridized carbons (Fsp3) is 0.440. The van der Waals surface area contributed by atoms with Crippen molar-refractivity contribution in [3.05, 3.63) is 57.6 Å². The molecule has 0 aromatic heterocycles. The van der Waals surface area contributed by atoms with Gasteiger partial charge >= 0.3 is 7.60 Å². The Morgan fingerprint density at radius 2 is 1.83 bits per heavy atom. The number of rotatable bonds is 13. The molecular weight excluding hydrogens is 491 g/mol. The van der Waals surface area contributed by atoms with Crippen molar-refractivity contribution in [1.82, 2.24) is 5.43 Å². The van der Waals surface area contributed by atoms with Gasteiger partial charge in [-0.05, 0) is 73.7 Å². The highest BCUT2D eigenvalue weighted by Gasteiger charge is 2.27. The van der Waals surface area contributed by atoms with Gasteiger partial charge in [0.2, 0.25) is 0 Å². The Balaban J connectivity index is 2.12. The Labute approximate surface area is 212 Å². The predicted octanol–water partition coefficient (Wildman–Crippen LogP) is 6.08. The number of hydrogen-bond acceptors (Lipinski definition) is 7. The van der Waals surface area contributed by atoms with Gasteiger partial charge in [0, 0.05) is 10.6 Å². The second-order valence-electron chi connectivity index (χ2n) is 8.05. The lowest BCUT2D eigenvalue weighted by molar-refractivity contribution is -0.118. The van der Waals surface area contributed by atoms with Crippen LogP contribution < -0.4 is 14.9 Å². The lowest BCUT2D eigenvalue weighted by Gasteiger charge is -2.17. The molecule has 0 unspecified atom stereocenters. The molecule has 1 amide bonds. The molecule has 0 radical (unpaired) electrons. The number of amides is 1. The van der Waals surface area contributed by atoms with Crippen LogP contribution in [0.3, 0.4) is 0 Å². The van der Waals surface area contributed by atoms with E-state index in [9.17, 15) is 9.36 Å². The Bertz CT molecular complexity index is 1080. The van der Waals surface area contributed by atoms with E-state index in [0.717, 1.165) is 28.0 Å². The van der Waals surface area contributed by atoms with E-state index >= 15 is 0 Å². The zero-order chi connectivity index (χ0) is 26.0. The quantitative estimate of drug-likeness (QED) is 0.194. The van der Waals surface area contributed by atoms with E-state index in [-0.39, 0.29) is 25.7 Å². The molecule has 0 aliphatic carbocycles. The van der Waals surface area contributed by atoms with E-state index in [1.54, 1.807) is 33.1 Å². The highest BCUT2D eigenvalue weighted by Crippen LogP contribution is 2.47. The number of benzene rings is 2. The van der Waals surface area contributed by atoms with Crippen LogP contribution in [0.25, 0.3) is 0 Å². The van der Waals surface area contributed by atoms with Crippen LogP contribution in [-0.2, 0) is 25.0 Å². The van der Waals surface area contributed by atoms with Gasteiger partial charge in [-0.3, -0.25) is 9.36 Å². The van der Waals surface area contributed by atoms with Gasteiger partial charge in [0.1, 0.15) is 24.3 Å². The molecule has 0 aliphatic heterocycles. The average molecular weight is 525 g/mol. The number of carbonyl (C=O) groups is 1. The minimum Gasteiger partial charge on any atom is -0.496 e. The van der Waals surface area contributed by atoms with Crippen molar-refractivity contribution in [1.29, 1.82) is 0 Å². The van der Waals surface area contributed by atoms with E-state index in [1.807, 2.05) is 25.1 Å². The first-order chi connectivity index (χ1) is 16.6. The second kappa shape index (κ2) is 13.6. The number of nitrogens with zero attached hydrogens (tertiary/aromatic N) is 1. The summed E-state index contributed by atoms with van der Waals surface area (Å²) >= 11 is 6.30. The zero-order valence-corrected chi connectivity index (χ0v) is 22.7. The fourth-order valence-corrected chi connectivity index (χ4v) is 4.94. The molecule has 0 fully saturated rings. The van der Waals surface area contributed by atoms with Gasteiger partial charge in [-0.1, -0.05) is 25.4 Å². The Morgan fingerprint density at radius 3 is 2.43 bits per heavy atom. The van der Waals surface area contributed by atoms with Crippen LogP contribution in [0.2, 0.25) is 5.02 Å². The summed E-state index contributed by atoms with van der Waals surface area (Å²) in [5.41, 5.74) is 5.86. The first kappa shape index (κ1) is 28.9. The molecule has 2 rings (SSSR count). The molecule has 10 heteroatoms. The first-order valence-corrected chi connectivity index (χ1v) is 13.5. The number of carbonyl (C=O) groups excluding carboxylic acids is 1. The Morgan fingerprint density at radius 1 is 1.14 bits per heavy atom. The minimum atomic E-state index is -3.49. The summed E-state index contributed by atoms with van der Waals surface area (Å²) in [4.78, 5) is 12.2. The number of methoxy groups -OCH3 is 1. The third-order valence-electron chi connectivity index (χ3n) is 4.99. The normalized spacial score (nSPS) is 11.8. The summed E-state index contributed by atoms with van der Waals surface area (Å²) in [5.74, 6) is 1.11. The van der Waals surface area contributed by atoms with Crippen LogP contribution in [0.4, 0.5) is 0 Å². The number of ether oxygens (including phenoxy) is 2. The third-order valence-corrected chi connectivity index (χ3v) is 7.38. The SMILES string of the molecule is CCOP(=O)(CC(=O)N/N=C/c1ccc(OC)c(COc2cc(C)c(Cl)cc2C(C)C)c1)OCC. The first-order valence-electron chi connectivity index (χ1n) is 11.4. The van der Waals surface area contributed by atoms with Crippen molar-refractivity contribution in [2.24, 2.45) is 5.10 Å². The highest BCUT2D eigenvalue weighted by atomic mass is 35.5. The molecule has 0 atom stereocenters. The zero-order valence-electron chi connectivity index (χ0n) is 21.1. The highest BCUT2D eigenvalue weighted by molar-refractivity contribution is 7.54. The Hall–Kier alpha value is -2.38. The molecule has 0 saturated heterocycles. The maximum absolute atomic E-state index is 12.5. The van der Waals surface area contributed by atoms with Gasteiger partial charge in [0.15, 0.2) is 0 Å². The van der Waals surface area contributed by atoms with Gasteiger partial charge < -0.3 is 18.5 Å². The summed E-state index contributed by atoms with van der Waals surface area (Å²) in [6.07, 6.45) is 1.07. The van der Waals surface area contributed by atoms with Gasteiger partial charge in [0.25, 0.3) is 5.91 Å². The van der Waals surface area contributed by atoms with Crippen molar-refractivity contribution >= 4 is 31.3 Å². The standard InChI is InChI=1S/C25H34ClN2O6P/c1-7-33-35(30,34-8-2)16-25(29)28-27-14-19-9-10-23(31-6)20(12-19)15-32-24-11-18(5)22(26)13-21(24)17(3)4/h9-14,17H,7-8,15-16H2,1-6H3,(H,28,29)/b27-14+. The molecule has 0 heterocycles. The summed E-state index contributed by atoms with van der Waals surface area (Å²) in [6.45, 7) is 10.1. The monoisotopic (exact) mass is 524 g/mol. The lowest BCUT2D eigenvalue weighted by Crippen LogP contribution is -2.22. The molecule has 2 aromatic carbocycles. The molecule has 1 N–H and O–H groups in total. The largest absolute Gasteiger partial charge is 0.496 e. The second-order valence-corrected chi connectivity index (χ2v) is 10.5. The number of aryl methyl sites for hydroxylation is 1. The van der Waals surface area contributed by atoms with Crippen molar-refractivity contribution in [2.75, 3.05) is 26.5 Å². The molecule has 2 aromatic rings. The minimum absolute atomic E-state index is 0.179. The van der Waals surface area contributed by atoms with Crippen LogP contribution >= 0.6 is 19.2 Å². The summed E-state index contributed by atoms with van der Waals surface area (Å²) in [5, 5.41) is 4.67. The molecule has 0 spiro atoms. The molecule has 35 heavy (non-hydrogen) atoms. The van der Waals surface area contributed by atoms with Crippen LogP contribution in [-0.4, -0.2) is 38.6 Å². The van der Waals surface area contributed by atoms with E-state index in [1.165, 1.54) is 6.21 Å². The van der Waals surface area contributed by atoms with E-state index in [4.69, 9.17) is 30.1 Å². The van der Waals surface area contributed by atoms with Gasteiger partial charge in [0.05, 0.1) is 26.5 Å².